The molecule has 3 heteroatoms. The van der Waals surface area contributed by atoms with Gasteiger partial charge in [0.2, 0.25) is 0 Å². The maximum atomic E-state index is 3.27. The Labute approximate surface area is 76.2 Å². The molecular weight excluding hydrogens is 168 g/mol. The lowest BCUT2D eigenvalue weighted by Gasteiger charge is -2.16. The first-order valence-corrected chi connectivity index (χ1v) is 4.87. The zero-order valence-corrected chi connectivity index (χ0v) is 7.42. The number of anilines is 1. The van der Waals surface area contributed by atoms with Crippen LogP contribution >= 0.6 is 11.8 Å². The Morgan fingerprint density at radius 3 is 2.75 bits per heavy atom. The zero-order chi connectivity index (χ0) is 8.23. The Morgan fingerprint density at radius 2 is 2.08 bits per heavy atom. The lowest BCUT2D eigenvalue weighted by molar-refractivity contribution is 0.540. The molecule has 0 amide bonds. The SMILES string of the molecule is C1=CN(Nc2ccccc2)CS1. The summed E-state index contributed by atoms with van der Waals surface area (Å²) in [5, 5.41) is 4.13. The maximum absolute atomic E-state index is 3.27. The molecule has 12 heavy (non-hydrogen) atoms. The highest BCUT2D eigenvalue weighted by atomic mass is 32.2. The first-order chi connectivity index (χ1) is 5.95. The van der Waals surface area contributed by atoms with Gasteiger partial charge in [0.15, 0.2) is 0 Å². The second-order valence-electron chi connectivity index (χ2n) is 2.53. The monoisotopic (exact) mass is 178 g/mol. The summed E-state index contributed by atoms with van der Waals surface area (Å²) in [5.74, 6) is 0.981. The molecule has 1 heterocycles. The number of para-hydroxylation sites is 1. The fourth-order valence-corrected chi connectivity index (χ4v) is 1.66. The van der Waals surface area contributed by atoms with E-state index in [0.29, 0.717) is 0 Å². The summed E-state index contributed by atoms with van der Waals surface area (Å²) >= 11 is 1.78. The summed E-state index contributed by atoms with van der Waals surface area (Å²) in [6.07, 6.45) is 2.04. The van der Waals surface area contributed by atoms with Crippen LogP contribution in [0.15, 0.2) is 41.9 Å². The van der Waals surface area contributed by atoms with Crippen molar-refractivity contribution in [2.45, 2.75) is 0 Å². The Balaban J connectivity index is 1.99. The Kier molecular flexibility index (Phi) is 2.23. The third-order valence-corrected chi connectivity index (χ3v) is 2.34. The first-order valence-electron chi connectivity index (χ1n) is 3.82. The van der Waals surface area contributed by atoms with Crippen LogP contribution in [-0.2, 0) is 0 Å². The number of hydrazine groups is 1. The molecule has 1 N–H and O–H groups in total. The van der Waals surface area contributed by atoms with Crippen LogP contribution in [0, 0.1) is 0 Å². The van der Waals surface area contributed by atoms with Crippen LogP contribution in [0.5, 0.6) is 0 Å². The van der Waals surface area contributed by atoms with Crippen molar-refractivity contribution in [1.29, 1.82) is 0 Å². The molecule has 0 saturated heterocycles. The molecule has 0 aromatic heterocycles. The quantitative estimate of drug-likeness (QED) is 0.749. The third kappa shape index (κ3) is 1.74. The smallest absolute Gasteiger partial charge is 0.0882 e. The molecule has 0 fully saturated rings. The molecule has 0 atom stereocenters. The van der Waals surface area contributed by atoms with Gasteiger partial charge in [-0.05, 0) is 17.5 Å². The van der Waals surface area contributed by atoms with E-state index in [1.165, 1.54) is 0 Å². The van der Waals surface area contributed by atoms with Gasteiger partial charge >= 0.3 is 0 Å². The second-order valence-corrected chi connectivity index (χ2v) is 3.39. The topological polar surface area (TPSA) is 15.3 Å². The van der Waals surface area contributed by atoms with E-state index in [1.807, 2.05) is 24.4 Å². The van der Waals surface area contributed by atoms with Gasteiger partial charge in [0.05, 0.1) is 11.6 Å². The number of thioether (sulfide) groups is 1. The van der Waals surface area contributed by atoms with E-state index in [4.69, 9.17) is 0 Å². The Morgan fingerprint density at radius 1 is 1.25 bits per heavy atom. The van der Waals surface area contributed by atoms with Crippen molar-refractivity contribution in [3.63, 3.8) is 0 Å². The molecule has 1 aliphatic heterocycles. The van der Waals surface area contributed by atoms with Gasteiger partial charge in [-0.3, -0.25) is 10.4 Å². The molecule has 0 bridgehead atoms. The molecule has 1 aromatic rings. The average Bonchev–Trinajstić information content (AvgIpc) is 2.59. The fourth-order valence-electron chi connectivity index (χ4n) is 1.03. The minimum atomic E-state index is 0.981. The van der Waals surface area contributed by atoms with Crippen LogP contribution in [-0.4, -0.2) is 10.9 Å². The summed E-state index contributed by atoms with van der Waals surface area (Å²) in [6, 6.07) is 10.2. The van der Waals surface area contributed by atoms with Gasteiger partial charge in [0.1, 0.15) is 0 Å². The minimum absolute atomic E-state index is 0.981. The van der Waals surface area contributed by atoms with Crippen molar-refractivity contribution in [3.8, 4) is 0 Å². The summed E-state index contributed by atoms with van der Waals surface area (Å²) < 4.78 is 0. The standard InChI is InChI=1S/C9H10N2S/c1-2-4-9(5-3-1)10-11-6-7-12-8-11/h1-7,10H,8H2. The van der Waals surface area contributed by atoms with Crippen LogP contribution in [0.1, 0.15) is 0 Å². The fraction of sp³-hybridized carbons (Fsp3) is 0.111. The number of nitrogens with zero attached hydrogens (tertiary/aromatic N) is 1. The lowest BCUT2D eigenvalue weighted by Crippen LogP contribution is -2.20. The van der Waals surface area contributed by atoms with Crippen molar-refractivity contribution in [2.24, 2.45) is 0 Å². The van der Waals surface area contributed by atoms with Gasteiger partial charge in [-0.25, -0.2) is 0 Å². The second kappa shape index (κ2) is 3.54. The van der Waals surface area contributed by atoms with Crippen molar-refractivity contribution < 1.29 is 0 Å². The highest BCUT2D eigenvalue weighted by Gasteiger charge is 2.02. The van der Waals surface area contributed by atoms with E-state index in [-0.39, 0.29) is 0 Å². The van der Waals surface area contributed by atoms with Crippen LogP contribution in [0.4, 0.5) is 5.69 Å². The largest absolute Gasteiger partial charge is 0.298 e. The molecular formula is C9H10N2S. The summed E-state index contributed by atoms with van der Waals surface area (Å²) in [7, 11) is 0. The highest BCUT2D eigenvalue weighted by molar-refractivity contribution is 8.02. The predicted octanol–water partition coefficient (Wildman–Crippen LogP) is 2.49. The van der Waals surface area contributed by atoms with Crippen LogP contribution in [0.2, 0.25) is 0 Å². The van der Waals surface area contributed by atoms with Gasteiger partial charge < -0.3 is 0 Å². The molecule has 1 aliphatic rings. The first kappa shape index (κ1) is 7.55. The normalized spacial score (nSPS) is 15.2. The van der Waals surface area contributed by atoms with E-state index < -0.39 is 0 Å². The third-order valence-electron chi connectivity index (χ3n) is 1.60. The Hall–Kier alpha value is -1.09. The number of nitrogens with one attached hydrogen (secondary N) is 1. The average molecular weight is 178 g/mol. The molecule has 2 nitrogen and oxygen atoms in total. The molecule has 0 radical (unpaired) electrons. The van der Waals surface area contributed by atoms with Gasteiger partial charge in [-0.2, -0.15) is 0 Å². The number of hydrogen-bond donors (Lipinski definition) is 1. The summed E-state index contributed by atoms with van der Waals surface area (Å²) in [4.78, 5) is 0. The van der Waals surface area contributed by atoms with E-state index in [1.54, 1.807) is 11.8 Å². The molecule has 0 saturated carbocycles. The predicted molar refractivity (Wildman–Crippen MR) is 53.5 cm³/mol. The molecule has 62 valence electrons. The summed E-state index contributed by atoms with van der Waals surface area (Å²) in [5.41, 5.74) is 4.40. The minimum Gasteiger partial charge on any atom is -0.298 e. The molecule has 2 rings (SSSR count). The Bertz CT molecular complexity index is 271. The van der Waals surface area contributed by atoms with Crippen LogP contribution < -0.4 is 5.43 Å². The van der Waals surface area contributed by atoms with E-state index >= 15 is 0 Å². The van der Waals surface area contributed by atoms with Gasteiger partial charge in [-0.1, -0.05) is 18.2 Å². The van der Waals surface area contributed by atoms with E-state index in [9.17, 15) is 0 Å². The molecule has 0 spiro atoms. The molecule has 1 aromatic carbocycles. The van der Waals surface area contributed by atoms with Crippen molar-refractivity contribution >= 4 is 17.4 Å². The van der Waals surface area contributed by atoms with Gasteiger partial charge in [-0.15, -0.1) is 11.8 Å². The maximum Gasteiger partial charge on any atom is 0.0882 e. The number of rotatable bonds is 2. The van der Waals surface area contributed by atoms with Crippen molar-refractivity contribution in [3.05, 3.63) is 41.9 Å². The van der Waals surface area contributed by atoms with Crippen LogP contribution in [0.25, 0.3) is 0 Å². The molecule has 0 unspecified atom stereocenters. The number of hydrogen-bond acceptors (Lipinski definition) is 3. The summed E-state index contributed by atoms with van der Waals surface area (Å²) in [6.45, 7) is 0. The molecule has 0 aliphatic carbocycles. The highest BCUT2D eigenvalue weighted by Crippen LogP contribution is 2.16. The van der Waals surface area contributed by atoms with Crippen molar-refractivity contribution in [2.75, 3.05) is 11.3 Å². The van der Waals surface area contributed by atoms with Crippen molar-refractivity contribution in [1.82, 2.24) is 5.01 Å². The van der Waals surface area contributed by atoms with Crippen LogP contribution in [0.3, 0.4) is 0 Å². The number of benzene rings is 1. The van der Waals surface area contributed by atoms with E-state index in [0.717, 1.165) is 11.6 Å². The van der Waals surface area contributed by atoms with Gasteiger partial charge in [0.25, 0.3) is 0 Å². The van der Waals surface area contributed by atoms with E-state index in [2.05, 4.69) is 28.0 Å². The van der Waals surface area contributed by atoms with Gasteiger partial charge in [0, 0.05) is 6.20 Å². The lowest BCUT2D eigenvalue weighted by atomic mass is 10.3. The zero-order valence-electron chi connectivity index (χ0n) is 6.60.